The molecule has 0 aromatic heterocycles. The van der Waals surface area contributed by atoms with Gasteiger partial charge in [0.05, 0.1) is 15.5 Å². The normalized spacial score (nSPS) is 14.6. The molecule has 10 heteroatoms. The molecule has 3 aromatic carbocycles. The van der Waals surface area contributed by atoms with Gasteiger partial charge in [0, 0.05) is 31.4 Å². The van der Waals surface area contributed by atoms with Gasteiger partial charge in [0.1, 0.15) is 0 Å². The number of hydrogen-bond donors (Lipinski definition) is 1. The summed E-state index contributed by atoms with van der Waals surface area (Å²) >= 11 is 0. The molecule has 1 fully saturated rings. The number of benzene rings is 3. The van der Waals surface area contributed by atoms with Crippen molar-refractivity contribution >= 4 is 37.3 Å². The Bertz CT molecular complexity index is 1400. The Morgan fingerprint density at radius 1 is 0.824 bits per heavy atom. The van der Waals surface area contributed by atoms with Crippen molar-refractivity contribution in [2.24, 2.45) is 0 Å². The summed E-state index contributed by atoms with van der Waals surface area (Å²) in [5, 5.41) is 2.67. The molecule has 0 unspecified atom stereocenters. The molecule has 0 saturated carbocycles. The van der Waals surface area contributed by atoms with E-state index >= 15 is 0 Å². The van der Waals surface area contributed by atoms with Gasteiger partial charge < -0.3 is 5.32 Å². The number of carbonyl (C=O) groups excluding carboxylic acids is 1. The highest BCUT2D eigenvalue weighted by molar-refractivity contribution is 7.92. The molecule has 1 aliphatic rings. The number of sulfonamides is 2. The number of anilines is 2. The average Bonchev–Trinajstić information content (AvgIpc) is 3.40. The number of para-hydroxylation sites is 1. The van der Waals surface area contributed by atoms with E-state index in [1.54, 1.807) is 42.5 Å². The van der Waals surface area contributed by atoms with Gasteiger partial charge >= 0.3 is 0 Å². The maximum Gasteiger partial charge on any atom is 0.264 e. The lowest BCUT2D eigenvalue weighted by molar-refractivity contribution is 0.102. The first-order valence-corrected chi connectivity index (χ1v) is 13.6. The van der Waals surface area contributed by atoms with Crippen molar-refractivity contribution in [2.45, 2.75) is 22.6 Å². The second-order valence-electron chi connectivity index (χ2n) is 7.93. The van der Waals surface area contributed by atoms with E-state index in [1.165, 1.54) is 47.8 Å². The monoisotopic (exact) mass is 499 g/mol. The molecule has 8 nitrogen and oxygen atoms in total. The molecule has 4 rings (SSSR count). The van der Waals surface area contributed by atoms with Crippen molar-refractivity contribution in [2.75, 3.05) is 29.8 Å². The summed E-state index contributed by atoms with van der Waals surface area (Å²) in [5.41, 5.74) is 0.934. The van der Waals surface area contributed by atoms with Crippen LogP contribution < -0.4 is 9.62 Å². The predicted octanol–water partition coefficient (Wildman–Crippen LogP) is 3.55. The molecule has 0 radical (unpaired) electrons. The number of nitrogens with one attached hydrogen (secondary N) is 1. The quantitative estimate of drug-likeness (QED) is 0.535. The molecule has 0 aliphatic carbocycles. The predicted molar refractivity (Wildman–Crippen MR) is 131 cm³/mol. The number of hydrogen-bond acceptors (Lipinski definition) is 5. The van der Waals surface area contributed by atoms with E-state index in [0.717, 1.165) is 17.1 Å². The van der Waals surface area contributed by atoms with Crippen LogP contribution in [0.25, 0.3) is 0 Å². The maximum atomic E-state index is 13.1. The molecule has 1 N–H and O–H groups in total. The zero-order valence-corrected chi connectivity index (χ0v) is 20.2. The van der Waals surface area contributed by atoms with Gasteiger partial charge in [-0.3, -0.25) is 9.10 Å². The summed E-state index contributed by atoms with van der Waals surface area (Å²) in [6, 6.07) is 20.4. The Kier molecular flexibility index (Phi) is 6.74. The lowest BCUT2D eigenvalue weighted by Gasteiger charge is -2.19. The van der Waals surface area contributed by atoms with Crippen LogP contribution in [0.4, 0.5) is 11.4 Å². The molecule has 178 valence electrons. The molecule has 1 heterocycles. The lowest BCUT2D eigenvalue weighted by Crippen LogP contribution is -2.28. The smallest absolute Gasteiger partial charge is 0.264 e. The second kappa shape index (κ2) is 9.57. The number of nitrogens with zero attached hydrogens (tertiary/aromatic N) is 2. The fourth-order valence-electron chi connectivity index (χ4n) is 3.75. The van der Waals surface area contributed by atoms with Gasteiger partial charge in [0.25, 0.3) is 15.9 Å². The Labute approximate surface area is 199 Å². The Balaban J connectivity index is 1.55. The average molecular weight is 500 g/mol. The molecule has 34 heavy (non-hydrogen) atoms. The van der Waals surface area contributed by atoms with Gasteiger partial charge in [0.2, 0.25) is 10.0 Å². The Hall–Kier alpha value is -3.21. The molecular formula is C24H25N3O5S2. The van der Waals surface area contributed by atoms with Crippen LogP contribution in [0.15, 0.2) is 88.7 Å². The fraction of sp³-hybridized carbons (Fsp3) is 0.208. The van der Waals surface area contributed by atoms with Gasteiger partial charge in [-0.2, -0.15) is 4.31 Å². The third-order valence-corrected chi connectivity index (χ3v) is 9.35. The number of rotatable bonds is 7. The van der Waals surface area contributed by atoms with Gasteiger partial charge in [-0.1, -0.05) is 30.3 Å². The van der Waals surface area contributed by atoms with E-state index in [-0.39, 0.29) is 15.4 Å². The SMILES string of the molecule is CN(c1ccccc1)S(=O)(=O)c1cccc(C(=O)Nc2cccc(S(=O)(=O)N3CCCC3)c2)c1. The van der Waals surface area contributed by atoms with Crippen LogP contribution in [0.1, 0.15) is 23.2 Å². The zero-order valence-electron chi connectivity index (χ0n) is 18.6. The Morgan fingerprint density at radius 2 is 1.47 bits per heavy atom. The molecule has 1 saturated heterocycles. The van der Waals surface area contributed by atoms with Gasteiger partial charge in [-0.05, 0) is 61.4 Å². The highest BCUT2D eigenvalue weighted by atomic mass is 32.2. The van der Waals surface area contributed by atoms with E-state index < -0.39 is 26.0 Å². The van der Waals surface area contributed by atoms with Gasteiger partial charge in [0.15, 0.2) is 0 Å². The first kappa shape index (κ1) is 23.9. The lowest BCUT2D eigenvalue weighted by atomic mass is 10.2. The molecule has 1 amide bonds. The van der Waals surface area contributed by atoms with E-state index in [9.17, 15) is 21.6 Å². The Morgan fingerprint density at radius 3 is 2.18 bits per heavy atom. The highest BCUT2D eigenvalue weighted by Gasteiger charge is 2.27. The van der Waals surface area contributed by atoms with Gasteiger partial charge in [-0.15, -0.1) is 0 Å². The van der Waals surface area contributed by atoms with Crippen molar-refractivity contribution in [3.8, 4) is 0 Å². The molecule has 0 atom stereocenters. The highest BCUT2D eigenvalue weighted by Crippen LogP contribution is 2.25. The number of carbonyl (C=O) groups is 1. The zero-order chi connectivity index (χ0) is 24.3. The van der Waals surface area contributed by atoms with Crippen LogP contribution in [0.5, 0.6) is 0 Å². The number of amides is 1. The molecule has 0 bridgehead atoms. The van der Waals surface area contributed by atoms with Crippen molar-refractivity contribution in [3.05, 3.63) is 84.4 Å². The second-order valence-corrected chi connectivity index (χ2v) is 11.8. The topological polar surface area (TPSA) is 104 Å². The fourth-order valence-corrected chi connectivity index (χ4v) is 6.55. The summed E-state index contributed by atoms with van der Waals surface area (Å²) in [6.45, 7) is 0.967. The summed E-state index contributed by atoms with van der Waals surface area (Å²) in [6.07, 6.45) is 1.66. The summed E-state index contributed by atoms with van der Waals surface area (Å²) < 4.78 is 54.4. The minimum absolute atomic E-state index is 0.0307. The molecule has 0 spiro atoms. The van der Waals surface area contributed by atoms with E-state index in [4.69, 9.17) is 0 Å². The minimum Gasteiger partial charge on any atom is -0.322 e. The summed E-state index contributed by atoms with van der Waals surface area (Å²) in [7, 11) is -6.07. The van der Waals surface area contributed by atoms with Crippen molar-refractivity contribution < 1.29 is 21.6 Å². The van der Waals surface area contributed by atoms with Crippen molar-refractivity contribution in [1.29, 1.82) is 0 Å². The van der Waals surface area contributed by atoms with Crippen LogP contribution >= 0.6 is 0 Å². The van der Waals surface area contributed by atoms with Crippen LogP contribution in [0, 0.1) is 0 Å². The molecular weight excluding hydrogens is 474 g/mol. The van der Waals surface area contributed by atoms with Crippen molar-refractivity contribution in [1.82, 2.24) is 4.31 Å². The van der Waals surface area contributed by atoms with E-state index in [0.29, 0.717) is 24.5 Å². The largest absolute Gasteiger partial charge is 0.322 e. The summed E-state index contributed by atoms with van der Waals surface area (Å²) in [4.78, 5) is 12.9. The molecule has 1 aliphatic heterocycles. The van der Waals surface area contributed by atoms with Crippen molar-refractivity contribution in [3.63, 3.8) is 0 Å². The minimum atomic E-state index is -3.89. The maximum absolute atomic E-state index is 13.1. The standard InChI is InChI=1S/C24H25N3O5S2/c1-26(21-11-3-2-4-12-21)33(29,30)22-13-7-9-19(17-22)24(28)25-20-10-8-14-23(18-20)34(31,32)27-15-5-6-16-27/h2-4,7-14,17-18H,5-6,15-16H2,1H3,(H,25,28). The van der Waals surface area contributed by atoms with Crippen LogP contribution in [0.2, 0.25) is 0 Å². The van der Waals surface area contributed by atoms with Gasteiger partial charge in [-0.25, -0.2) is 16.8 Å². The van der Waals surface area contributed by atoms with E-state index in [1.807, 2.05) is 0 Å². The third kappa shape index (κ3) is 4.84. The third-order valence-electron chi connectivity index (χ3n) is 5.67. The summed E-state index contributed by atoms with van der Waals surface area (Å²) in [5.74, 6) is -0.546. The molecule has 3 aromatic rings. The van der Waals surface area contributed by atoms with Crippen LogP contribution in [-0.2, 0) is 20.0 Å². The first-order valence-electron chi connectivity index (χ1n) is 10.8. The first-order chi connectivity index (χ1) is 16.2. The van der Waals surface area contributed by atoms with Crippen LogP contribution in [-0.4, -0.2) is 47.2 Å². The van der Waals surface area contributed by atoms with Crippen LogP contribution in [0.3, 0.4) is 0 Å². The van der Waals surface area contributed by atoms with E-state index in [2.05, 4.69) is 5.32 Å².